The third-order valence-corrected chi connectivity index (χ3v) is 5.29. The standard InChI is InChI=1S/C21H26BrNO3/c1-15-5-3-6-16(11-15)14-26-21-18(19(22)8-9-20(21)24-2)13-23-12-17-7-4-10-25-17/h3,5-6,8-9,11,17,23H,4,7,10,12-14H2,1-2H3. The second-order valence-electron chi connectivity index (χ2n) is 6.60. The summed E-state index contributed by atoms with van der Waals surface area (Å²) in [5.41, 5.74) is 3.44. The van der Waals surface area contributed by atoms with Gasteiger partial charge in [-0.05, 0) is 37.5 Å². The van der Waals surface area contributed by atoms with E-state index in [1.807, 2.05) is 12.1 Å². The van der Waals surface area contributed by atoms with Crippen molar-refractivity contribution in [3.05, 3.63) is 57.6 Å². The van der Waals surface area contributed by atoms with Gasteiger partial charge in [0.1, 0.15) is 6.61 Å². The van der Waals surface area contributed by atoms with Gasteiger partial charge in [-0.1, -0.05) is 45.8 Å². The van der Waals surface area contributed by atoms with E-state index in [1.54, 1.807) is 7.11 Å². The van der Waals surface area contributed by atoms with E-state index in [0.717, 1.165) is 53.1 Å². The zero-order valence-corrected chi connectivity index (χ0v) is 17.0. The summed E-state index contributed by atoms with van der Waals surface area (Å²) in [6.07, 6.45) is 2.60. The van der Waals surface area contributed by atoms with Crippen LogP contribution in [0, 0.1) is 6.92 Å². The molecule has 0 bridgehead atoms. The molecule has 2 aromatic carbocycles. The summed E-state index contributed by atoms with van der Waals surface area (Å²) in [4.78, 5) is 0. The predicted octanol–water partition coefficient (Wildman–Crippen LogP) is 4.61. The van der Waals surface area contributed by atoms with Crippen LogP contribution < -0.4 is 14.8 Å². The molecule has 1 unspecified atom stereocenters. The Kier molecular flexibility index (Phi) is 6.94. The summed E-state index contributed by atoms with van der Waals surface area (Å²) < 4.78 is 18.4. The van der Waals surface area contributed by atoms with Crippen LogP contribution in [0.1, 0.15) is 29.5 Å². The molecular weight excluding hydrogens is 394 g/mol. The molecule has 1 fully saturated rings. The lowest BCUT2D eigenvalue weighted by Crippen LogP contribution is -2.26. The van der Waals surface area contributed by atoms with Gasteiger partial charge in [0.2, 0.25) is 0 Å². The van der Waals surface area contributed by atoms with Crippen molar-refractivity contribution in [3.8, 4) is 11.5 Å². The summed E-state index contributed by atoms with van der Waals surface area (Å²) in [5, 5.41) is 3.49. The molecule has 0 radical (unpaired) electrons. The SMILES string of the molecule is COc1ccc(Br)c(CNCC2CCCO2)c1OCc1cccc(C)c1. The van der Waals surface area contributed by atoms with Crippen LogP contribution in [0.5, 0.6) is 11.5 Å². The molecule has 1 heterocycles. The molecule has 1 N–H and O–H groups in total. The average molecular weight is 420 g/mol. The van der Waals surface area contributed by atoms with Crippen LogP contribution in [0.4, 0.5) is 0 Å². The molecule has 5 heteroatoms. The van der Waals surface area contributed by atoms with Gasteiger partial charge in [-0.15, -0.1) is 0 Å². The monoisotopic (exact) mass is 419 g/mol. The van der Waals surface area contributed by atoms with E-state index in [9.17, 15) is 0 Å². The molecule has 3 rings (SSSR count). The average Bonchev–Trinajstić information content (AvgIpc) is 3.15. The molecule has 0 amide bonds. The molecule has 0 saturated carbocycles. The first-order valence-corrected chi connectivity index (χ1v) is 9.82. The van der Waals surface area contributed by atoms with Crippen molar-refractivity contribution in [2.45, 2.75) is 39.0 Å². The van der Waals surface area contributed by atoms with E-state index >= 15 is 0 Å². The number of aryl methyl sites for hydroxylation is 1. The number of hydrogen-bond acceptors (Lipinski definition) is 4. The van der Waals surface area contributed by atoms with Crippen molar-refractivity contribution < 1.29 is 14.2 Å². The van der Waals surface area contributed by atoms with E-state index in [-0.39, 0.29) is 0 Å². The highest BCUT2D eigenvalue weighted by molar-refractivity contribution is 9.10. The van der Waals surface area contributed by atoms with Crippen molar-refractivity contribution in [3.63, 3.8) is 0 Å². The van der Waals surface area contributed by atoms with E-state index in [0.29, 0.717) is 19.3 Å². The fourth-order valence-electron chi connectivity index (χ4n) is 3.19. The molecule has 1 atom stereocenters. The highest BCUT2D eigenvalue weighted by Crippen LogP contribution is 2.36. The molecule has 1 saturated heterocycles. The van der Waals surface area contributed by atoms with Crippen molar-refractivity contribution in [2.24, 2.45) is 0 Å². The third-order valence-electron chi connectivity index (χ3n) is 4.55. The number of hydrogen-bond donors (Lipinski definition) is 1. The number of rotatable bonds is 8. The minimum absolute atomic E-state index is 0.316. The summed E-state index contributed by atoms with van der Waals surface area (Å²) in [6, 6.07) is 12.3. The summed E-state index contributed by atoms with van der Waals surface area (Å²) in [5.74, 6) is 1.53. The lowest BCUT2D eigenvalue weighted by atomic mass is 10.1. The van der Waals surface area contributed by atoms with Gasteiger partial charge in [0.15, 0.2) is 11.5 Å². The zero-order valence-electron chi connectivity index (χ0n) is 15.4. The molecule has 0 spiro atoms. The molecular formula is C21H26BrNO3. The highest BCUT2D eigenvalue weighted by Gasteiger charge is 2.18. The minimum atomic E-state index is 0.316. The number of nitrogens with one attached hydrogen (secondary N) is 1. The maximum absolute atomic E-state index is 6.18. The van der Waals surface area contributed by atoms with Gasteiger partial charge < -0.3 is 19.5 Å². The van der Waals surface area contributed by atoms with Gasteiger partial charge in [-0.3, -0.25) is 0 Å². The van der Waals surface area contributed by atoms with Crippen LogP contribution in [0.25, 0.3) is 0 Å². The van der Waals surface area contributed by atoms with Gasteiger partial charge in [0.05, 0.1) is 13.2 Å². The maximum atomic E-state index is 6.18. The Morgan fingerprint density at radius 1 is 1.27 bits per heavy atom. The Balaban J connectivity index is 1.71. The number of methoxy groups -OCH3 is 1. The number of halogens is 1. The van der Waals surface area contributed by atoms with E-state index in [1.165, 1.54) is 5.56 Å². The van der Waals surface area contributed by atoms with E-state index in [2.05, 4.69) is 52.4 Å². The van der Waals surface area contributed by atoms with E-state index in [4.69, 9.17) is 14.2 Å². The lowest BCUT2D eigenvalue weighted by molar-refractivity contribution is 0.110. The normalized spacial score (nSPS) is 16.7. The molecule has 26 heavy (non-hydrogen) atoms. The molecule has 0 aromatic heterocycles. The second-order valence-corrected chi connectivity index (χ2v) is 7.46. The Morgan fingerprint density at radius 2 is 2.15 bits per heavy atom. The Labute approximate surface area is 164 Å². The molecule has 4 nitrogen and oxygen atoms in total. The fraction of sp³-hybridized carbons (Fsp3) is 0.429. The number of ether oxygens (including phenoxy) is 3. The van der Waals surface area contributed by atoms with Crippen LogP contribution in [0.15, 0.2) is 40.9 Å². The smallest absolute Gasteiger partial charge is 0.167 e. The van der Waals surface area contributed by atoms with Crippen molar-refractivity contribution in [1.82, 2.24) is 5.32 Å². The first kappa shape index (κ1) is 19.2. The van der Waals surface area contributed by atoms with Crippen LogP contribution in [0.3, 0.4) is 0 Å². The van der Waals surface area contributed by atoms with Crippen LogP contribution in [-0.4, -0.2) is 26.4 Å². The summed E-state index contributed by atoms with van der Waals surface area (Å²) >= 11 is 3.66. The minimum Gasteiger partial charge on any atom is -0.493 e. The lowest BCUT2D eigenvalue weighted by Gasteiger charge is -2.18. The largest absolute Gasteiger partial charge is 0.493 e. The topological polar surface area (TPSA) is 39.7 Å². The third kappa shape index (κ3) is 5.00. The van der Waals surface area contributed by atoms with Gasteiger partial charge in [-0.25, -0.2) is 0 Å². The molecule has 2 aromatic rings. The highest BCUT2D eigenvalue weighted by atomic mass is 79.9. The molecule has 140 valence electrons. The van der Waals surface area contributed by atoms with Crippen LogP contribution in [-0.2, 0) is 17.9 Å². The Hall–Kier alpha value is -1.56. The first-order valence-electron chi connectivity index (χ1n) is 9.03. The molecule has 0 aliphatic carbocycles. The van der Waals surface area contributed by atoms with Gasteiger partial charge in [-0.2, -0.15) is 0 Å². The van der Waals surface area contributed by atoms with Crippen LogP contribution >= 0.6 is 15.9 Å². The van der Waals surface area contributed by atoms with Crippen molar-refractivity contribution >= 4 is 15.9 Å². The molecule has 1 aliphatic heterocycles. The molecule has 1 aliphatic rings. The van der Waals surface area contributed by atoms with Crippen molar-refractivity contribution in [1.29, 1.82) is 0 Å². The number of benzene rings is 2. The van der Waals surface area contributed by atoms with Crippen molar-refractivity contribution in [2.75, 3.05) is 20.3 Å². The predicted molar refractivity (Wildman–Crippen MR) is 107 cm³/mol. The quantitative estimate of drug-likeness (QED) is 0.677. The summed E-state index contributed by atoms with van der Waals surface area (Å²) in [7, 11) is 1.67. The van der Waals surface area contributed by atoms with Gasteiger partial charge in [0.25, 0.3) is 0 Å². The Bertz CT molecular complexity index is 729. The second kappa shape index (κ2) is 9.40. The first-order chi connectivity index (χ1) is 12.7. The van der Waals surface area contributed by atoms with Gasteiger partial charge in [0, 0.05) is 29.7 Å². The van der Waals surface area contributed by atoms with Crippen LogP contribution in [0.2, 0.25) is 0 Å². The summed E-state index contributed by atoms with van der Waals surface area (Å²) in [6.45, 7) is 5.01. The Morgan fingerprint density at radius 3 is 2.88 bits per heavy atom. The zero-order chi connectivity index (χ0) is 18.4. The van der Waals surface area contributed by atoms with E-state index < -0.39 is 0 Å². The van der Waals surface area contributed by atoms with Gasteiger partial charge >= 0.3 is 0 Å². The fourth-order valence-corrected chi connectivity index (χ4v) is 3.64. The maximum Gasteiger partial charge on any atom is 0.167 e.